The Labute approximate surface area is 129 Å². The van der Waals surface area contributed by atoms with E-state index in [0.717, 1.165) is 24.0 Å². The second-order valence-electron chi connectivity index (χ2n) is 5.55. The lowest BCUT2D eigenvalue weighted by Gasteiger charge is -2.21. The Balaban J connectivity index is 1.89. The predicted octanol–water partition coefficient (Wildman–Crippen LogP) is 3.05. The fourth-order valence-electron chi connectivity index (χ4n) is 2.30. The molecule has 0 aromatic heterocycles. The van der Waals surface area contributed by atoms with Crippen molar-refractivity contribution in [2.24, 2.45) is 0 Å². The van der Waals surface area contributed by atoms with Gasteiger partial charge in [0.1, 0.15) is 0 Å². The van der Waals surface area contributed by atoms with Crippen LogP contribution in [0.1, 0.15) is 36.8 Å². The number of carboxylic acid groups (broad SMARTS) is 1. The maximum absolute atomic E-state index is 12.3. The van der Waals surface area contributed by atoms with Crippen LogP contribution in [0, 0.1) is 6.92 Å². The van der Waals surface area contributed by atoms with Crippen LogP contribution >= 0.6 is 11.6 Å². The molecule has 1 aliphatic carbocycles. The molecule has 0 saturated heterocycles. The zero-order valence-electron chi connectivity index (χ0n) is 12.1. The van der Waals surface area contributed by atoms with Crippen LogP contribution in [0.25, 0.3) is 0 Å². The number of hydrogen-bond donors (Lipinski definition) is 1. The lowest BCUT2D eigenvalue weighted by molar-refractivity contribution is -0.138. The highest BCUT2D eigenvalue weighted by molar-refractivity contribution is 6.31. The zero-order chi connectivity index (χ0) is 15.4. The van der Waals surface area contributed by atoms with Gasteiger partial charge in [-0.3, -0.25) is 9.59 Å². The molecular weight excluding hydrogens is 290 g/mol. The van der Waals surface area contributed by atoms with E-state index in [4.69, 9.17) is 16.7 Å². The summed E-state index contributed by atoms with van der Waals surface area (Å²) >= 11 is 6.08. The zero-order valence-corrected chi connectivity index (χ0v) is 12.9. The van der Waals surface area contributed by atoms with Crippen molar-refractivity contribution in [2.45, 2.75) is 45.1 Å². The topological polar surface area (TPSA) is 57.6 Å². The molecule has 0 bridgehead atoms. The van der Waals surface area contributed by atoms with Gasteiger partial charge in [-0.15, -0.1) is 0 Å². The third kappa shape index (κ3) is 4.74. The van der Waals surface area contributed by atoms with E-state index in [1.807, 2.05) is 25.1 Å². The molecule has 0 spiro atoms. The summed E-state index contributed by atoms with van der Waals surface area (Å²) < 4.78 is 0. The van der Waals surface area contributed by atoms with Crippen molar-refractivity contribution in [2.75, 3.05) is 6.54 Å². The van der Waals surface area contributed by atoms with Gasteiger partial charge in [0.05, 0.1) is 6.42 Å². The minimum absolute atomic E-state index is 0.0125. The van der Waals surface area contributed by atoms with Crippen molar-refractivity contribution >= 4 is 23.5 Å². The Hall–Kier alpha value is -1.55. The number of carboxylic acids is 1. The first-order chi connectivity index (χ1) is 9.97. The Morgan fingerprint density at radius 2 is 2.05 bits per heavy atom. The lowest BCUT2D eigenvalue weighted by atomic mass is 10.1. The molecule has 1 aromatic rings. The number of aliphatic carboxylic acids is 1. The largest absolute Gasteiger partial charge is 0.481 e. The highest BCUT2D eigenvalue weighted by atomic mass is 35.5. The molecule has 0 unspecified atom stereocenters. The fraction of sp³-hybridized carbons (Fsp3) is 0.500. The van der Waals surface area contributed by atoms with Gasteiger partial charge >= 0.3 is 5.97 Å². The van der Waals surface area contributed by atoms with Gasteiger partial charge < -0.3 is 10.0 Å². The molecule has 0 radical (unpaired) electrons. The molecule has 1 fully saturated rings. The monoisotopic (exact) mass is 309 g/mol. The van der Waals surface area contributed by atoms with Gasteiger partial charge in [0.25, 0.3) is 0 Å². The maximum atomic E-state index is 12.3. The number of hydrogen-bond acceptors (Lipinski definition) is 2. The van der Waals surface area contributed by atoms with Gasteiger partial charge in [0, 0.05) is 24.0 Å². The van der Waals surface area contributed by atoms with Crippen LogP contribution < -0.4 is 0 Å². The summed E-state index contributed by atoms with van der Waals surface area (Å²) in [4.78, 5) is 24.7. The van der Waals surface area contributed by atoms with Crippen LogP contribution in [-0.4, -0.2) is 34.5 Å². The quantitative estimate of drug-likeness (QED) is 0.842. The molecule has 0 heterocycles. The van der Waals surface area contributed by atoms with Crippen molar-refractivity contribution in [3.05, 3.63) is 34.3 Å². The van der Waals surface area contributed by atoms with Crippen molar-refractivity contribution in [3.8, 4) is 0 Å². The van der Waals surface area contributed by atoms with E-state index in [1.165, 1.54) is 0 Å². The molecule has 21 heavy (non-hydrogen) atoms. The molecule has 1 amide bonds. The van der Waals surface area contributed by atoms with Gasteiger partial charge in [-0.25, -0.2) is 0 Å². The summed E-state index contributed by atoms with van der Waals surface area (Å²) in [6, 6.07) is 6.07. The average molecular weight is 310 g/mol. The van der Waals surface area contributed by atoms with Crippen molar-refractivity contribution in [3.63, 3.8) is 0 Å². The number of aryl methyl sites for hydroxylation is 2. The standard InChI is InChI=1S/C16H20ClNO3/c1-11-2-3-12(10-14(11)17)4-7-15(19)18(13-5-6-13)9-8-16(20)21/h2-3,10,13H,4-9H2,1H3,(H,20,21). The van der Waals surface area contributed by atoms with Crippen LogP contribution in [0.3, 0.4) is 0 Å². The summed E-state index contributed by atoms with van der Waals surface area (Å²) in [6.45, 7) is 2.26. The average Bonchev–Trinajstić information content (AvgIpc) is 3.24. The van der Waals surface area contributed by atoms with Gasteiger partial charge in [0.15, 0.2) is 0 Å². The molecule has 1 aromatic carbocycles. The molecule has 5 heteroatoms. The molecular formula is C16H20ClNO3. The highest BCUT2D eigenvalue weighted by Gasteiger charge is 2.32. The molecule has 0 atom stereocenters. The van der Waals surface area contributed by atoms with Gasteiger partial charge in [0.2, 0.25) is 5.91 Å². The Bertz CT molecular complexity index is 540. The predicted molar refractivity (Wildman–Crippen MR) is 81.5 cm³/mol. The van der Waals surface area contributed by atoms with Gasteiger partial charge in [-0.2, -0.15) is 0 Å². The minimum Gasteiger partial charge on any atom is -0.481 e. The number of benzene rings is 1. The Morgan fingerprint density at radius 1 is 1.33 bits per heavy atom. The van der Waals surface area contributed by atoms with Crippen LogP contribution in [0.15, 0.2) is 18.2 Å². The van der Waals surface area contributed by atoms with E-state index in [-0.39, 0.29) is 18.4 Å². The van der Waals surface area contributed by atoms with Crippen molar-refractivity contribution in [1.82, 2.24) is 4.90 Å². The number of carbonyl (C=O) groups is 2. The normalized spacial score (nSPS) is 14.0. The second-order valence-corrected chi connectivity index (χ2v) is 5.95. The highest BCUT2D eigenvalue weighted by Crippen LogP contribution is 2.28. The smallest absolute Gasteiger partial charge is 0.305 e. The van der Waals surface area contributed by atoms with E-state index in [0.29, 0.717) is 24.4 Å². The van der Waals surface area contributed by atoms with Crippen LogP contribution in [-0.2, 0) is 16.0 Å². The molecule has 1 aliphatic rings. The van der Waals surface area contributed by atoms with E-state index >= 15 is 0 Å². The van der Waals surface area contributed by atoms with E-state index in [9.17, 15) is 9.59 Å². The number of rotatable bonds is 7. The van der Waals surface area contributed by atoms with Crippen LogP contribution in [0.4, 0.5) is 0 Å². The first kappa shape index (κ1) is 15.8. The molecule has 4 nitrogen and oxygen atoms in total. The minimum atomic E-state index is -0.862. The summed E-state index contributed by atoms with van der Waals surface area (Å²) in [6.07, 6.45) is 3.02. The Kier molecular flexibility index (Phi) is 5.23. The van der Waals surface area contributed by atoms with E-state index in [1.54, 1.807) is 4.90 Å². The summed E-state index contributed by atoms with van der Waals surface area (Å²) in [5.74, 6) is -0.825. The van der Waals surface area contributed by atoms with Gasteiger partial charge in [-0.05, 0) is 43.4 Å². The molecule has 0 aliphatic heterocycles. The van der Waals surface area contributed by atoms with Crippen molar-refractivity contribution in [1.29, 1.82) is 0 Å². The SMILES string of the molecule is Cc1ccc(CCC(=O)N(CCC(=O)O)C2CC2)cc1Cl. The Morgan fingerprint density at radius 3 is 2.62 bits per heavy atom. The number of amides is 1. The number of nitrogens with zero attached hydrogens (tertiary/aromatic N) is 1. The molecule has 1 N–H and O–H groups in total. The van der Waals surface area contributed by atoms with Gasteiger partial charge in [-0.1, -0.05) is 23.7 Å². The van der Waals surface area contributed by atoms with Crippen LogP contribution in [0.2, 0.25) is 5.02 Å². The number of carbonyl (C=O) groups excluding carboxylic acids is 1. The maximum Gasteiger partial charge on any atom is 0.305 e. The molecule has 1 saturated carbocycles. The number of halogens is 1. The van der Waals surface area contributed by atoms with Crippen molar-refractivity contribution < 1.29 is 14.7 Å². The second kappa shape index (κ2) is 6.94. The van der Waals surface area contributed by atoms with Crippen LogP contribution in [0.5, 0.6) is 0 Å². The van der Waals surface area contributed by atoms with E-state index < -0.39 is 5.97 Å². The summed E-state index contributed by atoms with van der Waals surface area (Å²) in [7, 11) is 0. The summed E-state index contributed by atoms with van der Waals surface area (Å²) in [5.41, 5.74) is 2.06. The molecule has 114 valence electrons. The lowest BCUT2D eigenvalue weighted by Crippen LogP contribution is -2.35. The van der Waals surface area contributed by atoms with E-state index in [2.05, 4.69) is 0 Å². The fourth-order valence-corrected chi connectivity index (χ4v) is 2.50. The third-order valence-corrected chi connectivity index (χ3v) is 4.15. The molecule has 2 rings (SSSR count). The third-order valence-electron chi connectivity index (χ3n) is 3.74. The first-order valence-electron chi connectivity index (χ1n) is 7.23. The summed E-state index contributed by atoms with van der Waals surface area (Å²) in [5, 5.41) is 9.47. The first-order valence-corrected chi connectivity index (χ1v) is 7.61.